The van der Waals surface area contributed by atoms with E-state index in [0.29, 0.717) is 0 Å². The highest BCUT2D eigenvalue weighted by Crippen LogP contribution is 2.24. The van der Waals surface area contributed by atoms with Crippen LogP contribution in [0.5, 0.6) is 0 Å². The minimum Gasteiger partial charge on any atom is -0.381 e. The molecule has 0 bridgehead atoms. The Morgan fingerprint density at radius 3 is 2.60 bits per heavy atom. The summed E-state index contributed by atoms with van der Waals surface area (Å²) >= 11 is 0. The maximum Gasteiger partial charge on any atom is 0.125 e. The molecule has 0 saturated heterocycles. The summed E-state index contributed by atoms with van der Waals surface area (Å²) in [7, 11) is 1.69. The van der Waals surface area contributed by atoms with Crippen LogP contribution in [0.3, 0.4) is 0 Å². The molecule has 0 unspecified atom stereocenters. The van der Waals surface area contributed by atoms with Crippen molar-refractivity contribution in [3.05, 3.63) is 0 Å². The van der Waals surface area contributed by atoms with Crippen molar-refractivity contribution >= 4 is 6.29 Å². The lowest BCUT2D eigenvalue weighted by Gasteiger charge is -2.25. The first kappa shape index (κ1) is 7.73. The zero-order valence-electron chi connectivity index (χ0n) is 6.38. The Bertz CT molecular complexity index is 112. The molecule has 0 aromatic carbocycles. The van der Waals surface area contributed by atoms with Gasteiger partial charge in [-0.1, -0.05) is 12.8 Å². The predicted octanol–water partition coefficient (Wildman–Crippen LogP) is 1.39. The summed E-state index contributed by atoms with van der Waals surface area (Å²) in [5.41, 5.74) is 0. The molecule has 0 aliphatic heterocycles. The lowest BCUT2D eigenvalue weighted by molar-refractivity contribution is -0.116. The van der Waals surface area contributed by atoms with E-state index >= 15 is 0 Å². The molecule has 0 aromatic rings. The fourth-order valence-electron chi connectivity index (χ4n) is 1.57. The Balaban J connectivity index is 2.41. The molecular weight excluding hydrogens is 128 g/mol. The van der Waals surface area contributed by atoms with Crippen LogP contribution in [0.15, 0.2) is 0 Å². The monoisotopic (exact) mass is 142 g/mol. The molecule has 0 spiro atoms. The van der Waals surface area contributed by atoms with Crippen molar-refractivity contribution in [2.24, 2.45) is 5.92 Å². The minimum absolute atomic E-state index is 0.166. The van der Waals surface area contributed by atoms with Gasteiger partial charge in [-0.15, -0.1) is 0 Å². The third-order valence-corrected chi connectivity index (χ3v) is 2.23. The van der Waals surface area contributed by atoms with Gasteiger partial charge in [0.15, 0.2) is 0 Å². The zero-order chi connectivity index (χ0) is 7.40. The maximum absolute atomic E-state index is 10.4. The highest BCUT2D eigenvalue weighted by molar-refractivity contribution is 5.54. The molecule has 1 rings (SSSR count). The number of ether oxygens (including phenoxy) is 1. The summed E-state index contributed by atoms with van der Waals surface area (Å²) in [5, 5.41) is 0. The van der Waals surface area contributed by atoms with Crippen molar-refractivity contribution in [3.63, 3.8) is 0 Å². The second-order valence-electron chi connectivity index (χ2n) is 2.86. The smallest absolute Gasteiger partial charge is 0.125 e. The number of methoxy groups -OCH3 is 1. The van der Waals surface area contributed by atoms with Crippen molar-refractivity contribution in [3.8, 4) is 0 Å². The molecule has 0 heterocycles. The first-order chi connectivity index (χ1) is 4.88. The Labute approximate surface area is 61.6 Å². The molecule has 1 fully saturated rings. The summed E-state index contributed by atoms with van der Waals surface area (Å²) in [4.78, 5) is 10.4. The van der Waals surface area contributed by atoms with E-state index in [0.717, 1.165) is 19.1 Å². The van der Waals surface area contributed by atoms with E-state index in [1.807, 2.05) is 0 Å². The van der Waals surface area contributed by atoms with Gasteiger partial charge >= 0.3 is 0 Å². The maximum atomic E-state index is 10.4. The number of carbonyl (C=O) groups excluding carboxylic acids is 1. The Morgan fingerprint density at radius 1 is 1.40 bits per heavy atom. The van der Waals surface area contributed by atoms with Gasteiger partial charge in [-0.2, -0.15) is 0 Å². The van der Waals surface area contributed by atoms with Gasteiger partial charge < -0.3 is 9.53 Å². The van der Waals surface area contributed by atoms with Crippen LogP contribution in [-0.4, -0.2) is 19.5 Å². The van der Waals surface area contributed by atoms with Gasteiger partial charge in [0, 0.05) is 13.0 Å². The molecule has 0 radical (unpaired) electrons. The normalized spacial score (nSPS) is 33.7. The average molecular weight is 142 g/mol. The van der Waals surface area contributed by atoms with E-state index in [2.05, 4.69) is 0 Å². The average Bonchev–Trinajstić information content (AvgIpc) is 2.04. The number of hydrogen-bond acceptors (Lipinski definition) is 2. The van der Waals surface area contributed by atoms with Gasteiger partial charge in [-0.05, 0) is 12.8 Å². The number of aldehydes is 1. The zero-order valence-corrected chi connectivity index (χ0v) is 6.38. The SMILES string of the molecule is CO[C@H]1CCCC[C@H]1C=O. The third kappa shape index (κ3) is 1.57. The standard InChI is InChI=1S/C8H14O2/c1-10-8-5-3-2-4-7(8)6-9/h6-8H,2-5H2,1H3/t7-,8-/m0/s1. The van der Waals surface area contributed by atoms with Crippen LogP contribution in [0.1, 0.15) is 25.7 Å². The molecule has 0 N–H and O–H groups in total. The Hall–Kier alpha value is -0.370. The Kier molecular flexibility index (Phi) is 2.87. The van der Waals surface area contributed by atoms with E-state index in [1.54, 1.807) is 7.11 Å². The fraction of sp³-hybridized carbons (Fsp3) is 0.875. The van der Waals surface area contributed by atoms with Crippen molar-refractivity contribution < 1.29 is 9.53 Å². The molecule has 58 valence electrons. The first-order valence-corrected chi connectivity index (χ1v) is 3.86. The highest BCUT2D eigenvalue weighted by atomic mass is 16.5. The van der Waals surface area contributed by atoms with Gasteiger partial charge in [0.1, 0.15) is 6.29 Å². The lowest BCUT2D eigenvalue weighted by atomic mass is 9.87. The molecule has 1 saturated carbocycles. The molecule has 2 atom stereocenters. The van der Waals surface area contributed by atoms with Crippen LogP contribution in [0.4, 0.5) is 0 Å². The molecule has 2 heteroatoms. The van der Waals surface area contributed by atoms with Gasteiger partial charge in [-0.3, -0.25) is 0 Å². The molecule has 0 amide bonds. The van der Waals surface area contributed by atoms with E-state index in [-0.39, 0.29) is 12.0 Å². The number of hydrogen-bond donors (Lipinski definition) is 0. The molecule has 1 aliphatic rings. The lowest BCUT2D eigenvalue weighted by Crippen LogP contribution is -2.27. The van der Waals surface area contributed by atoms with E-state index in [4.69, 9.17) is 4.74 Å². The van der Waals surface area contributed by atoms with Gasteiger partial charge in [0.25, 0.3) is 0 Å². The summed E-state index contributed by atoms with van der Waals surface area (Å²) < 4.78 is 5.16. The minimum atomic E-state index is 0.166. The van der Waals surface area contributed by atoms with Crippen LogP contribution in [0.25, 0.3) is 0 Å². The molecule has 0 aromatic heterocycles. The van der Waals surface area contributed by atoms with Crippen LogP contribution >= 0.6 is 0 Å². The van der Waals surface area contributed by atoms with E-state index < -0.39 is 0 Å². The molecule has 10 heavy (non-hydrogen) atoms. The number of rotatable bonds is 2. The van der Waals surface area contributed by atoms with Crippen molar-refractivity contribution in [2.75, 3.05) is 7.11 Å². The summed E-state index contributed by atoms with van der Waals surface area (Å²) in [6.07, 6.45) is 5.70. The van der Waals surface area contributed by atoms with Crippen LogP contribution in [0, 0.1) is 5.92 Å². The topological polar surface area (TPSA) is 26.3 Å². The van der Waals surface area contributed by atoms with Crippen LogP contribution < -0.4 is 0 Å². The third-order valence-electron chi connectivity index (χ3n) is 2.23. The summed E-state index contributed by atoms with van der Waals surface area (Å²) in [6, 6.07) is 0. The van der Waals surface area contributed by atoms with E-state index in [9.17, 15) is 4.79 Å². The summed E-state index contributed by atoms with van der Waals surface area (Å²) in [6.45, 7) is 0. The molecule has 1 aliphatic carbocycles. The predicted molar refractivity (Wildman–Crippen MR) is 38.8 cm³/mol. The first-order valence-electron chi connectivity index (χ1n) is 3.86. The second kappa shape index (κ2) is 3.71. The molecular formula is C8H14O2. The van der Waals surface area contributed by atoms with Crippen LogP contribution in [-0.2, 0) is 9.53 Å². The number of carbonyl (C=O) groups is 1. The Morgan fingerprint density at radius 2 is 2.10 bits per heavy atom. The van der Waals surface area contributed by atoms with E-state index in [1.165, 1.54) is 12.8 Å². The fourth-order valence-corrected chi connectivity index (χ4v) is 1.57. The van der Waals surface area contributed by atoms with Gasteiger partial charge in [-0.25, -0.2) is 0 Å². The van der Waals surface area contributed by atoms with Crippen LogP contribution in [0.2, 0.25) is 0 Å². The van der Waals surface area contributed by atoms with Crippen molar-refractivity contribution in [2.45, 2.75) is 31.8 Å². The highest BCUT2D eigenvalue weighted by Gasteiger charge is 2.23. The second-order valence-corrected chi connectivity index (χ2v) is 2.86. The summed E-state index contributed by atoms with van der Waals surface area (Å²) in [5.74, 6) is 0.166. The molecule has 2 nitrogen and oxygen atoms in total. The quantitative estimate of drug-likeness (QED) is 0.544. The van der Waals surface area contributed by atoms with Crippen molar-refractivity contribution in [1.29, 1.82) is 0 Å². The largest absolute Gasteiger partial charge is 0.381 e. The van der Waals surface area contributed by atoms with Crippen molar-refractivity contribution in [1.82, 2.24) is 0 Å². The van der Waals surface area contributed by atoms with Gasteiger partial charge in [0.2, 0.25) is 0 Å². The van der Waals surface area contributed by atoms with Gasteiger partial charge in [0.05, 0.1) is 6.10 Å².